The Balaban J connectivity index is 1.81. The standard InChI is InChI=1S/C13H16/c1-9-2-4-10(5-3-9)11-6-12-8-13(12)7-11/h2-5,11-13H,6-8H2,1H3/t11?,12-,13+. The fourth-order valence-corrected chi connectivity index (χ4v) is 2.83. The van der Waals surface area contributed by atoms with Crippen LogP contribution in [0.2, 0.25) is 0 Å². The molecule has 3 rings (SSSR count). The molecule has 0 aromatic heterocycles. The van der Waals surface area contributed by atoms with Crippen LogP contribution in [0.25, 0.3) is 0 Å². The van der Waals surface area contributed by atoms with Crippen molar-refractivity contribution in [2.75, 3.05) is 0 Å². The Morgan fingerprint density at radius 2 is 1.54 bits per heavy atom. The van der Waals surface area contributed by atoms with E-state index in [-0.39, 0.29) is 0 Å². The molecule has 0 bridgehead atoms. The van der Waals surface area contributed by atoms with Gasteiger partial charge in [-0.05, 0) is 49.5 Å². The third-order valence-corrected chi connectivity index (χ3v) is 3.79. The van der Waals surface area contributed by atoms with Crippen molar-refractivity contribution >= 4 is 0 Å². The lowest BCUT2D eigenvalue weighted by Crippen LogP contribution is -1.95. The Morgan fingerprint density at radius 3 is 2.15 bits per heavy atom. The highest BCUT2D eigenvalue weighted by Crippen LogP contribution is 2.57. The van der Waals surface area contributed by atoms with E-state index in [1.807, 2.05) is 0 Å². The second-order valence-electron chi connectivity index (χ2n) is 4.83. The van der Waals surface area contributed by atoms with Gasteiger partial charge in [-0.15, -0.1) is 0 Å². The van der Waals surface area contributed by atoms with Crippen molar-refractivity contribution in [2.45, 2.75) is 32.1 Å². The highest BCUT2D eigenvalue weighted by Gasteiger charge is 2.45. The molecule has 2 fully saturated rings. The maximum absolute atomic E-state index is 2.32. The molecule has 0 aliphatic heterocycles. The maximum atomic E-state index is 2.32. The summed E-state index contributed by atoms with van der Waals surface area (Å²) in [7, 11) is 0. The van der Waals surface area contributed by atoms with Gasteiger partial charge >= 0.3 is 0 Å². The maximum Gasteiger partial charge on any atom is -0.0156 e. The van der Waals surface area contributed by atoms with Crippen LogP contribution in [0.3, 0.4) is 0 Å². The van der Waals surface area contributed by atoms with E-state index in [4.69, 9.17) is 0 Å². The highest BCUT2D eigenvalue weighted by molar-refractivity contribution is 5.26. The van der Waals surface area contributed by atoms with E-state index in [1.165, 1.54) is 24.8 Å². The van der Waals surface area contributed by atoms with Gasteiger partial charge in [-0.25, -0.2) is 0 Å². The van der Waals surface area contributed by atoms with Crippen LogP contribution in [0.15, 0.2) is 24.3 Å². The first-order valence-corrected chi connectivity index (χ1v) is 5.39. The summed E-state index contributed by atoms with van der Waals surface area (Å²) in [5, 5.41) is 0. The van der Waals surface area contributed by atoms with Crippen LogP contribution in [0.4, 0.5) is 0 Å². The predicted octanol–water partition coefficient (Wildman–Crippen LogP) is 3.51. The van der Waals surface area contributed by atoms with Crippen molar-refractivity contribution in [3.63, 3.8) is 0 Å². The Kier molecular flexibility index (Phi) is 1.52. The summed E-state index contributed by atoms with van der Waals surface area (Å²) in [6, 6.07) is 9.15. The van der Waals surface area contributed by atoms with Gasteiger partial charge in [0.2, 0.25) is 0 Å². The predicted molar refractivity (Wildman–Crippen MR) is 54.8 cm³/mol. The number of benzene rings is 1. The minimum atomic E-state index is 0.893. The van der Waals surface area contributed by atoms with Crippen LogP contribution in [0.5, 0.6) is 0 Å². The summed E-state index contributed by atoms with van der Waals surface area (Å²) >= 11 is 0. The summed E-state index contributed by atoms with van der Waals surface area (Å²) in [6.07, 6.45) is 4.46. The monoisotopic (exact) mass is 172 g/mol. The van der Waals surface area contributed by atoms with Gasteiger partial charge in [0.25, 0.3) is 0 Å². The number of rotatable bonds is 1. The average Bonchev–Trinajstić information content (AvgIpc) is 2.75. The van der Waals surface area contributed by atoms with Crippen molar-refractivity contribution < 1.29 is 0 Å². The fraction of sp³-hybridized carbons (Fsp3) is 0.538. The van der Waals surface area contributed by atoms with E-state index < -0.39 is 0 Å². The van der Waals surface area contributed by atoms with E-state index in [0.29, 0.717) is 0 Å². The van der Waals surface area contributed by atoms with Gasteiger partial charge in [0.05, 0.1) is 0 Å². The first-order chi connectivity index (χ1) is 6.33. The molecule has 0 amide bonds. The molecule has 1 aromatic rings. The minimum absolute atomic E-state index is 0.893. The molecule has 1 unspecified atom stereocenters. The van der Waals surface area contributed by atoms with Gasteiger partial charge in [0, 0.05) is 0 Å². The smallest absolute Gasteiger partial charge is 0.0156 e. The van der Waals surface area contributed by atoms with Gasteiger partial charge < -0.3 is 0 Å². The average molecular weight is 172 g/mol. The fourth-order valence-electron chi connectivity index (χ4n) is 2.83. The molecule has 0 saturated heterocycles. The van der Waals surface area contributed by atoms with Gasteiger partial charge in [0.15, 0.2) is 0 Å². The lowest BCUT2D eigenvalue weighted by molar-refractivity contribution is 0.624. The van der Waals surface area contributed by atoms with Crippen LogP contribution in [0, 0.1) is 18.8 Å². The lowest BCUT2D eigenvalue weighted by atomic mass is 9.94. The molecular weight excluding hydrogens is 156 g/mol. The molecule has 0 nitrogen and oxygen atoms in total. The van der Waals surface area contributed by atoms with Gasteiger partial charge in [-0.3, -0.25) is 0 Å². The molecule has 3 atom stereocenters. The van der Waals surface area contributed by atoms with Crippen molar-refractivity contribution in [1.82, 2.24) is 0 Å². The molecule has 1 aromatic carbocycles. The zero-order valence-corrected chi connectivity index (χ0v) is 8.16. The van der Waals surface area contributed by atoms with E-state index in [9.17, 15) is 0 Å². The third kappa shape index (κ3) is 1.29. The first-order valence-electron chi connectivity index (χ1n) is 5.39. The minimum Gasteiger partial charge on any atom is -0.0590 e. The Labute approximate surface area is 80.0 Å². The topological polar surface area (TPSA) is 0 Å². The summed E-state index contributed by atoms with van der Waals surface area (Å²) in [5.41, 5.74) is 2.96. The quantitative estimate of drug-likeness (QED) is 0.608. The SMILES string of the molecule is Cc1ccc(C2C[C@@H]3C[C@@H]3C2)cc1. The largest absolute Gasteiger partial charge is 0.0590 e. The molecule has 2 saturated carbocycles. The molecule has 68 valence electrons. The molecular formula is C13H16. The number of aryl methyl sites for hydroxylation is 1. The Morgan fingerprint density at radius 1 is 0.923 bits per heavy atom. The second kappa shape index (κ2) is 2.60. The molecule has 0 heteroatoms. The number of hydrogen-bond donors (Lipinski definition) is 0. The van der Waals surface area contributed by atoms with E-state index in [1.54, 1.807) is 5.56 Å². The van der Waals surface area contributed by atoms with E-state index in [0.717, 1.165) is 17.8 Å². The van der Waals surface area contributed by atoms with Crippen LogP contribution in [-0.4, -0.2) is 0 Å². The van der Waals surface area contributed by atoms with Gasteiger partial charge in [0.1, 0.15) is 0 Å². The van der Waals surface area contributed by atoms with Crippen molar-refractivity contribution in [2.24, 2.45) is 11.8 Å². The van der Waals surface area contributed by atoms with Crippen molar-refractivity contribution in [1.29, 1.82) is 0 Å². The van der Waals surface area contributed by atoms with E-state index in [2.05, 4.69) is 31.2 Å². The molecule has 2 aliphatic carbocycles. The van der Waals surface area contributed by atoms with Crippen LogP contribution in [-0.2, 0) is 0 Å². The molecule has 0 N–H and O–H groups in total. The molecule has 13 heavy (non-hydrogen) atoms. The Bertz CT molecular complexity index is 299. The Hall–Kier alpha value is -0.780. The third-order valence-electron chi connectivity index (χ3n) is 3.79. The first kappa shape index (κ1) is 7.61. The van der Waals surface area contributed by atoms with Gasteiger partial charge in [-0.1, -0.05) is 29.8 Å². The van der Waals surface area contributed by atoms with Crippen molar-refractivity contribution in [3.05, 3.63) is 35.4 Å². The zero-order chi connectivity index (χ0) is 8.84. The summed E-state index contributed by atoms with van der Waals surface area (Å²) in [6.45, 7) is 2.16. The summed E-state index contributed by atoms with van der Waals surface area (Å²) < 4.78 is 0. The number of hydrogen-bond acceptors (Lipinski definition) is 0. The second-order valence-corrected chi connectivity index (χ2v) is 4.83. The number of fused-ring (bicyclic) bond motifs is 1. The van der Waals surface area contributed by atoms with E-state index >= 15 is 0 Å². The summed E-state index contributed by atoms with van der Waals surface area (Å²) in [4.78, 5) is 0. The lowest BCUT2D eigenvalue weighted by Gasteiger charge is -2.11. The van der Waals surface area contributed by atoms with Gasteiger partial charge in [-0.2, -0.15) is 0 Å². The van der Waals surface area contributed by atoms with Crippen LogP contribution >= 0.6 is 0 Å². The normalized spacial score (nSPS) is 35.9. The molecule has 0 radical (unpaired) electrons. The van der Waals surface area contributed by atoms with Crippen molar-refractivity contribution in [3.8, 4) is 0 Å². The van der Waals surface area contributed by atoms with Crippen LogP contribution in [0.1, 0.15) is 36.3 Å². The molecule has 0 heterocycles. The van der Waals surface area contributed by atoms with Crippen LogP contribution < -0.4 is 0 Å². The zero-order valence-electron chi connectivity index (χ0n) is 8.16. The highest BCUT2D eigenvalue weighted by atomic mass is 14.5. The molecule has 2 aliphatic rings. The summed E-state index contributed by atoms with van der Waals surface area (Å²) in [5.74, 6) is 3.10. The molecule has 0 spiro atoms.